The summed E-state index contributed by atoms with van der Waals surface area (Å²) < 4.78 is 0.554. The fourth-order valence-electron chi connectivity index (χ4n) is 3.20. The van der Waals surface area contributed by atoms with Crippen LogP contribution in [0.25, 0.3) is 0 Å². The molecule has 2 atom stereocenters. The van der Waals surface area contributed by atoms with Crippen LogP contribution in [0.5, 0.6) is 0 Å². The normalized spacial score (nSPS) is 34.1. The highest BCUT2D eigenvalue weighted by atomic mass is 32.2. The van der Waals surface area contributed by atoms with Gasteiger partial charge in [0, 0.05) is 4.75 Å². The Morgan fingerprint density at radius 2 is 1.93 bits per heavy atom. The molecule has 0 aromatic carbocycles. The standard InChI is InChI=1S/C13H26S/c1-7-13(10(2)3)11(8-9-14-13)12(4,5)6/h10-11H,7-9H2,1-6H3. The van der Waals surface area contributed by atoms with Crippen LogP contribution in [0.4, 0.5) is 0 Å². The largest absolute Gasteiger partial charge is 0.155 e. The van der Waals surface area contributed by atoms with E-state index in [0.717, 1.165) is 11.8 Å². The Morgan fingerprint density at radius 3 is 2.21 bits per heavy atom. The van der Waals surface area contributed by atoms with E-state index in [9.17, 15) is 0 Å². The summed E-state index contributed by atoms with van der Waals surface area (Å²) in [6.07, 6.45) is 2.75. The van der Waals surface area contributed by atoms with Gasteiger partial charge in [-0.1, -0.05) is 41.5 Å². The van der Waals surface area contributed by atoms with Gasteiger partial charge >= 0.3 is 0 Å². The molecule has 84 valence electrons. The Morgan fingerprint density at radius 1 is 1.36 bits per heavy atom. The summed E-state index contributed by atoms with van der Waals surface area (Å²) >= 11 is 2.23. The summed E-state index contributed by atoms with van der Waals surface area (Å²) in [4.78, 5) is 0. The fraction of sp³-hybridized carbons (Fsp3) is 1.00. The maximum absolute atomic E-state index is 2.41. The molecule has 0 spiro atoms. The van der Waals surface area contributed by atoms with E-state index in [1.807, 2.05) is 0 Å². The summed E-state index contributed by atoms with van der Waals surface area (Å²) in [7, 11) is 0. The number of hydrogen-bond donors (Lipinski definition) is 0. The smallest absolute Gasteiger partial charge is 0.0213 e. The highest BCUT2D eigenvalue weighted by Crippen LogP contribution is 2.56. The minimum absolute atomic E-state index is 0.476. The van der Waals surface area contributed by atoms with E-state index in [2.05, 4.69) is 53.3 Å². The molecular weight excluding hydrogens is 188 g/mol. The lowest BCUT2D eigenvalue weighted by atomic mass is 9.67. The lowest BCUT2D eigenvalue weighted by Crippen LogP contribution is -2.42. The Labute approximate surface area is 94.2 Å². The molecule has 1 aliphatic heterocycles. The first-order valence-electron chi connectivity index (χ1n) is 5.98. The first-order chi connectivity index (χ1) is 6.34. The molecule has 1 rings (SSSR count). The van der Waals surface area contributed by atoms with Crippen molar-refractivity contribution in [1.29, 1.82) is 0 Å². The third-order valence-corrected chi connectivity index (χ3v) is 5.96. The van der Waals surface area contributed by atoms with E-state index in [4.69, 9.17) is 0 Å². The number of hydrogen-bond acceptors (Lipinski definition) is 1. The van der Waals surface area contributed by atoms with E-state index >= 15 is 0 Å². The Balaban J connectivity index is 2.95. The molecule has 1 heteroatoms. The van der Waals surface area contributed by atoms with Gasteiger partial charge in [0.25, 0.3) is 0 Å². The van der Waals surface area contributed by atoms with Crippen LogP contribution in [0, 0.1) is 17.3 Å². The van der Waals surface area contributed by atoms with Crippen LogP contribution in [0.15, 0.2) is 0 Å². The lowest BCUT2D eigenvalue weighted by Gasteiger charge is -2.44. The molecule has 0 saturated carbocycles. The van der Waals surface area contributed by atoms with Crippen LogP contribution in [0.3, 0.4) is 0 Å². The third-order valence-electron chi connectivity index (χ3n) is 3.94. The van der Waals surface area contributed by atoms with Crippen molar-refractivity contribution in [3.05, 3.63) is 0 Å². The molecule has 0 nitrogen and oxygen atoms in total. The van der Waals surface area contributed by atoms with Gasteiger partial charge in [-0.2, -0.15) is 11.8 Å². The summed E-state index contributed by atoms with van der Waals surface area (Å²) in [5.74, 6) is 3.07. The van der Waals surface area contributed by atoms with Gasteiger partial charge in [0.05, 0.1) is 0 Å². The molecule has 14 heavy (non-hydrogen) atoms. The van der Waals surface area contributed by atoms with Crippen molar-refractivity contribution in [3.63, 3.8) is 0 Å². The van der Waals surface area contributed by atoms with Gasteiger partial charge in [0.15, 0.2) is 0 Å². The molecular formula is C13H26S. The molecule has 0 amide bonds. The molecule has 0 aromatic heterocycles. The first kappa shape index (κ1) is 12.4. The predicted octanol–water partition coefficient (Wildman–Crippen LogP) is 4.59. The zero-order chi connectivity index (χ0) is 11.0. The molecule has 0 bridgehead atoms. The van der Waals surface area contributed by atoms with Crippen molar-refractivity contribution in [2.24, 2.45) is 17.3 Å². The molecule has 1 saturated heterocycles. The summed E-state index contributed by atoms with van der Waals surface area (Å²) in [6, 6.07) is 0. The minimum Gasteiger partial charge on any atom is -0.155 e. The molecule has 1 aliphatic rings. The zero-order valence-electron chi connectivity index (χ0n) is 10.7. The topological polar surface area (TPSA) is 0 Å². The van der Waals surface area contributed by atoms with Crippen LogP contribution in [-0.2, 0) is 0 Å². The quantitative estimate of drug-likeness (QED) is 0.648. The minimum atomic E-state index is 0.476. The van der Waals surface area contributed by atoms with Crippen molar-refractivity contribution < 1.29 is 0 Å². The highest BCUT2D eigenvalue weighted by molar-refractivity contribution is 8.00. The Kier molecular flexibility index (Phi) is 3.62. The molecule has 0 aliphatic carbocycles. The summed E-state index contributed by atoms with van der Waals surface area (Å²) in [5.41, 5.74) is 0.476. The molecule has 1 fully saturated rings. The Hall–Kier alpha value is 0.350. The fourth-order valence-corrected chi connectivity index (χ4v) is 5.15. The van der Waals surface area contributed by atoms with E-state index in [-0.39, 0.29) is 0 Å². The van der Waals surface area contributed by atoms with Crippen molar-refractivity contribution >= 4 is 11.8 Å². The molecule has 0 aromatic rings. The lowest BCUT2D eigenvalue weighted by molar-refractivity contribution is 0.152. The Bertz CT molecular complexity index is 190. The highest BCUT2D eigenvalue weighted by Gasteiger charge is 2.49. The molecule has 2 unspecified atom stereocenters. The van der Waals surface area contributed by atoms with E-state index < -0.39 is 0 Å². The van der Waals surface area contributed by atoms with E-state index in [1.165, 1.54) is 18.6 Å². The monoisotopic (exact) mass is 214 g/mol. The zero-order valence-corrected chi connectivity index (χ0v) is 11.5. The van der Waals surface area contributed by atoms with Crippen LogP contribution in [0.1, 0.15) is 54.4 Å². The second-order valence-corrected chi connectivity index (χ2v) is 7.48. The third kappa shape index (κ3) is 1.98. The SMILES string of the molecule is CCC1(C(C)C)SCCC1C(C)(C)C. The van der Waals surface area contributed by atoms with Gasteiger partial charge < -0.3 is 0 Å². The second-order valence-electron chi connectivity index (χ2n) is 6.02. The maximum Gasteiger partial charge on any atom is 0.0213 e. The van der Waals surface area contributed by atoms with Crippen LogP contribution in [-0.4, -0.2) is 10.5 Å². The summed E-state index contributed by atoms with van der Waals surface area (Å²) in [6.45, 7) is 14.4. The van der Waals surface area contributed by atoms with Gasteiger partial charge in [-0.25, -0.2) is 0 Å². The van der Waals surface area contributed by atoms with Crippen LogP contribution < -0.4 is 0 Å². The van der Waals surface area contributed by atoms with Gasteiger partial charge in [0.1, 0.15) is 0 Å². The second kappa shape index (κ2) is 4.08. The first-order valence-corrected chi connectivity index (χ1v) is 6.97. The molecule has 1 heterocycles. The van der Waals surface area contributed by atoms with Crippen molar-refractivity contribution in [1.82, 2.24) is 0 Å². The predicted molar refractivity (Wildman–Crippen MR) is 67.9 cm³/mol. The van der Waals surface area contributed by atoms with Crippen LogP contribution >= 0.6 is 11.8 Å². The van der Waals surface area contributed by atoms with Gasteiger partial charge in [-0.3, -0.25) is 0 Å². The van der Waals surface area contributed by atoms with Gasteiger partial charge in [0.2, 0.25) is 0 Å². The van der Waals surface area contributed by atoms with Crippen molar-refractivity contribution in [2.45, 2.75) is 59.1 Å². The van der Waals surface area contributed by atoms with Crippen molar-refractivity contribution in [2.75, 3.05) is 5.75 Å². The molecule has 0 N–H and O–H groups in total. The molecule has 0 radical (unpaired) electrons. The van der Waals surface area contributed by atoms with Gasteiger partial charge in [-0.15, -0.1) is 0 Å². The van der Waals surface area contributed by atoms with Crippen molar-refractivity contribution in [3.8, 4) is 0 Å². The average Bonchev–Trinajstić information content (AvgIpc) is 2.47. The average molecular weight is 214 g/mol. The summed E-state index contributed by atoms with van der Waals surface area (Å²) in [5, 5.41) is 0. The van der Waals surface area contributed by atoms with E-state index in [1.54, 1.807) is 0 Å². The number of rotatable bonds is 2. The number of thioether (sulfide) groups is 1. The van der Waals surface area contributed by atoms with Gasteiger partial charge in [-0.05, 0) is 35.8 Å². The van der Waals surface area contributed by atoms with Crippen LogP contribution in [0.2, 0.25) is 0 Å². The van der Waals surface area contributed by atoms with E-state index in [0.29, 0.717) is 10.2 Å². The maximum atomic E-state index is 2.41.